The molecule has 0 aromatic carbocycles. The molecule has 0 unspecified atom stereocenters. The standard InChI is InChI=1S/C10H16N2OS/c1-6(2)5-8-7(3)11-10(14-4)12-9(8)13/h6H,5H2,1-4H3,(H,11,12,13). The molecule has 1 aromatic heterocycles. The molecule has 0 saturated heterocycles. The Bertz CT molecular complexity index is 371. The van der Waals surface area contributed by atoms with E-state index < -0.39 is 0 Å². The average molecular weight is 212 g/mol. The first kappa shape index (κ1) is 11.3. The Balaban J connectivity index is 3.12. The summed E-state index contributed by atoms with van der Waals surface area (Å²) in [5, 5.41) is 0.694. The SMILES string of the molecule is CSc1nc(C)c(CC(C)C)c(=O)[nH]1. The summed E-state index contributed by atoms with van der Waals surface area (Å²) >= 11 is 1.46. The summed E-state index contributed by atoms with van der Waals surface area (Å²) in [7, 11) is 0. The van der Waals surface area contributed by atoms with Crippen LogP contribution in [-0.2, 0) is 6.42 Å². The number of aromatic amines is 1. The Morgan fingerprint density at radius 2 is 2.14 bits per heavy atom. The van der Waals surface area contributed by atoms with Crippen molar-refractivity contribution in [2.75, 3.05) is 6.26 Å². The summed E-state index contributed by atoms with van der Waals surface area (Å²) in [4.78, 5) is 18.7. The van der Waals surface area contributed by atoms with Crippen LogP contribution < -0.4 is 5.56 Å². The van der Waals surface area contributed by atoms with E-state index in [9.17, 15) is 4.79 Å². The minimum absolute atomic E-state index is 0.00977. The predicted molar refractivity (Wildman–Crippen MR) is 59.9 cm³/mol. The lowest BCUT2D eigenvalue weighted by Gasteiger charge is -2.07. The van der Waals surface area contributed by atoms with Crippen molar-refractivity contribution in [3.05, 3.63) is 21.6 Å². The number of nitrogens with zero attached hydrogens (tertiary/aromatic N) is 1. The largest absolute Gasteiger partial charge is 0.301 e. The van der Waals surface area contributed by atoms with Gasteiger partial charge in [-0.1, -0.05) is 25.6 Å². The third kappa shape index (κ3) is 2.61. The summed E-state index contributed by atoms with van der Waals surface area (Å²) < 4.78 is 0. The molecule has 78 valence electrons. The van der Waals surface area contributed by atoms with Crippen LogP contribution in [0, 0.1) is 12.8 Å². The second kappa shape index (κ2) is 4.64. The summed E-state index contributed by atoms with van der Waals surface area (Å²) in [5.41, 5.74) is 1.68. The molecule has 0 spiro atoms. The zero-order valence-corrected chi connectivity index (χ0v) is 9.86. The second-order valence-corrected chi connectivity index (χ2v) is 4.53. The van der Waals surface area contributed by atoms with Gasteiger partial charge in [0.25, 0.3) is 5.56 Å². The zero-order valence-electron chi connectivity index (χ0n) is 9.05. The highest BCUT2D eigenvalue weighted by molar-refractivity contribution is 7.98. The second-order valence-electron chi connectivity index (χ2n) is 3.74. The van der Waals surface area contributed by atoms with Gasteiger partial charge in [0.05, 0.1) is 0 Å². The summed E-state index contributed by atoms with van der Waals surface area (Å²) in [5.74, 6) is 0.483. The Morgan fingerprint density at radius 3 is 2.57 bits per heavy atom. The van der Waals surface area contributed by atoms with Crippen molar-refractivity contribution in [3.8, 4) is 0 Å². The molecular weight excluding hydrogens is 196 g/mol. The number of aromatic nitrogens is 2. The molecule has 1 aromatic rings. The number of hydrogen-bond donors (Lipinski definition) is 1. The van der Waals surface area contributed by atoms with Crippen LogP contribution in [0.4, 0.5) is 0 Å². The maximum atomic E-state index is 11.6. The van der Waals surface area contributed by atoms with Gasteiger partial charge in [0, 0.05) is 11.3 Å². The van der Waals surface area contributed by atoms with Crippen molar-refractivity contribution in [1.82, 2.24) is 9.97 Å². The van der Waals surface area contributed by atoms with E-state index in [0.29, 0.717) is 11.1 Å². The van der Waals surface area contributed by atoms with Crippen molar-refractivity contribution >= 4 is 11.8 Å². The lowest BCUT2D eigenvalue weighted by atomic mass is 10.0. The highest BCUT2D eigenvalue weighted by Crippen LogP contribution is 2.10. The van der Waals surface area contributed by atoms with E-state index in [4.69, 9.17) is 0 Å². The molecule has 0 radical (unpaired) electrons. The molecule has 0 aliphatic carbocycles. The fraction of sp³-hybridized carbons (Fsp3) is 0.600. The Hall–Kier alpha value is -0.770. The van der Waals surface area contributed by atoms with Crippen molar-refractivity contribution in [2.24, 2.45) is 5.92 Å². The summed E-state index contributed by atoms with van der Waals surface area (Å²) in [6, 6.07) is 0. The summed E-state index contributed by atoms with van der Waals surface area (Å²) in [6.45, 7) is 6.09. The van der Waals surface area contributed by atoms with Crippen LogP contribution in [0.25, 0.3) is 0 Å². The van der Waals surface area contributed by atoms with Crippen molar-refractivity contribution < 1.29 is 0 Å². The highest BCUT2D eigenvalue weighted by Gasteiger charge is 2.08. The van der Waals surface area contributed by atoms with E-state index in [0.717, 1.165) is 17.7 Å². The number of nitrogens with one attached hydrogen (secondary N) is 1. The summed E-state index contributed by atoms with van der Waals surface area (Å²) in [6.07, 6.45) is 2.70. The fourth-order valence-corrected chi connectivity index (χ4v) is 1.75. The van der Waals surface area contributed by atoms with E-state index in [-0.39, 0.29) is 5.56 Å². The molecule has 1 N–H and O–H groups in total. The van der Waals surface area contributed by atoms with Gasteiger partial charge in [0.2, 0.25) is 0 Å². The smallest absolute Gasteiger partial charge is 0.254 e. The molecular formula is C10H16N2OS. The minimum Gasteiger partial charge on any atom is -0.301 e. The molecule has 1 rings (SSSR count). The van der Waals surface area contributed by atoms with Crippen LogP contribution in [0.5, 0.6) is 0 Å². The number of H-pyrrole nitrogens is 1. The predicted octanol–water partition coefficient (Wildman–Crippen LogP) is 2.00. The molecule has 1 heterocycles. The molecule has 0 amide bonds. The molecule has 0 aliphatic heterocycles. The van der Waals surface area contributed by atoms with E-state index in [1.165, 1.54) is 11.8 Å². The van der Waals surface area contributed by atoms with Crippen molar-refractivity contribution in [2.45, 2.75) is 32.3 Å². The molecule has 0 atom stereocenters. The van der Waals surface area contributed by atoms with Gasteiger partial charge >= 0.3 is 0 Å². The molecule has 0 bridgehead atoms. The first-order valence-electron chi connectivity index (χ1n) is 4.68. The van der Waals surface area contributed by atoms with Gasteiger partial charge in [-0.15, -0.1) is 0 Å². The fourth-order valence-electron chi connectivity index (χ4n) is 1.33. The van der Waals surface area contributed by atoms with Gasteiger partial charge in [-0.05, 0) is 25.5 Å². The molecule has 0 fully saturated rings. The van der Waals surface area contributed by atoms with Crippen LogP contribution in [0.15, 0.2) is 9.95 Å². The number of aryl methyl sites for hydroxylation is 1. The zero-order chi connectivity index (χ0) is 10.7. The number of rotatable bonds is 3. The van der Waals surface area contributed by atoms with Crippen LogP contribution in [-0.4, -0.2) is 16.2 Å². The van der Waals surface area contributed by atoms with Gasteiger partial charge < -0.3 is 4.98 Å². The Kier molecular flexibility index (Phi) is 3.75. The van der Waals surface area contributed by atoms with Gasteiger partial charge in [0.1, 0.15) is 0 Å². The maximum Gasteiger partial charge on any atom is 0.254 e. The number of hydrogen-bond acceptors (Lipinski definition) is 3. The minimum atomic E-state index is 0.00977. The highest BCUT2D eigenvalue weighted by atomic mass is 32.2. The van der Waals surface area contributed by atoms with Gasteiger partial charge in [-0.25, -0.2) is 4.98 Å². The van der Waals surface area contributed by atoms with Crippen LogP contribution in [0.3, 0.4) is 0 Å². The van der Waals surface area contributed by atoms with E-state index >= 15 is 0 Å². The van der Waals surface area contributed by atoms with E-state index in [1.54, 1.807) is 0 Å². The third-order valence-electron chi connectivity index (χ3n) is 2.01. The van der Waals surface area contributed by atoms with Gasteiger partial charge in [-0.3, -0.25) is 4.79 Å². The third-order valence-corrected chi connectivity index (χ3v) is 2.59. The lowest BCUT2D eigenvalue weighted by Crippen LogP contribution is -2.18. The van der Waals surface area contributed by atoms with Gasteiger partial charge in [0.15, 0.2) is 5.16 Å². The van der Waals surface area contributed by atoms with Crippen LogP contribution >= 0.6 is 11.8 Å². The average Bonchev–Trinajstić information content (AvgIpc) is 2.10. The Morgan fingerprint density at radius 1 is 1.50 bits per heavy atom. The quantitative estimate of drug-likeness (QED) is 0.615. The van der Waals surface area contributed by atoms with Crippen LogP contribution in [0.2, 0.25) is 0 Å². The molecule has 4 heteroatoms. The molecule has 0 saturated carbocycles. The number of thioether (sulfide) groups is 1. The van der Waals surface area contributed by atoms with Crippen molar-refractivity contribution in [3.63, 3.8) is 0 Å². The van der Waals surface area contributed by atoms with E-state index in [1.807, 2.05) is 13.2 Å². The monoisotopic (exact) mass is 212 g/mol. The normalized spacial score (nSPS) is 10.9. The molecule has 14 heavy (non-hydrogen) atoms. The first-order valence-corrected chi connectivity index (χ1v) is 5.90. The lowest BCUT2D eigenvalue weighted by molar-refractivity contribution is 0.632. The Labute approximate surface area is 88.3 Å². The van der Waals surface area contributed by atoms with Crippen molar-refractivity contribution in [1.29, 1.82) is 0 Å². The van der Waals surface area contributed by atoms with Gasteiger partial charge in [-0.2, -0.15) is 0 Å². The maximum absolute atomic E-state index is 11.6. The molecule has 3 nitrogen and oxygen atoms in total. The first-order chi connectivity index (χ1) is 6.54. The van der Waals surface area contributed by atoms with E-state index in [2.05, 4.69) is 23.8 Å². The van der Waals surface area contributed by atoms with Crippen LogP contribution in [0.1, 0.15) is 25.1 Å². The molecule has 0 aliphatic rings. The topological polar surface area (TPSA) is 45.8 Å².